The molecule has 11 nitrogen and oxygen atoms in total. The van der Waals surface area contributed by atoms with Crippen LogP contribution in [0.25, 0.3) is 0 Å². The molecule has 1 fully saturated rings. The number of rotatable bonds is 5. The summed E-state index contributed by atoms with van der Waals surface area (Å²) in [5, 5.41) is 24.8. The van der Waals surface area contributed by atoms with Crippen molar-refractivity contribution < 1.29 is 14.5 Å². The molecule has 1 saturated heterocycles. The molecule has 2 N–H and O–H groups in total. The highest BCUT2D eigenvalue weighted by Crippen LogP contribution is 2.23. The van der Waals surface area contributed by atoms with Gasteiger partial charge in [-0.15, -0.1) is 0 Å². The molecule has 1 aliphatic heterocycles. The summed E-state index contributed by atoms with van der Waals surface area (Å²) in [5.74, 6) is -0.847. The average molecular weight is 409 g/mol. The molecule has 1 aliphatic rings. The molecule has 0 saturated carbocycles. The second-order valence-corrected chi connectivity index (χ2v) is 6.74. The number of benzene rings is 1. The van der Waals surface area contributed by atoms with Gasteiger partial charge in [-0.05, 0) is 30.9 Å². The lowest BCUT2D eigenvalue weighted by atomic mass is 9.96. The first-order chi connectivity index (χ1) is 14.5. The third kappa shape index (κ3) is 5.05. The van der Waals surface area contributed by atoms with Crippen LogP contribution >= 0.6 is 0 Å². The first-order valence-corrected chi connectivity index (χ1v) is 9.27. The van der Waals surface area contributed by atoms with Crippen LogP contribution in [0.3, 0.4) is 0 Å². The number of hydrogen-bond acceptors (Lipinski definition) is 8. The first-order valence-electron chi connectivity index (χ1n) is 9.27. The minimum absolute atomic E-state index is 0.104. The van der Waals surface area contributed by atoms with Crippen LogP contribution in [-0.4, -0.2) is 46.3 Å². The Hall–Kier alpha value is -4.07. The number of anilines is 2. The second kappa shape index (κ2) is 9.42. The molecule has 0 unspecified atom stereocenters. The van der Waals surface area contributed by atoms with Crippen molar-refractivity contribution in [2.75, 3.05) is 29.9 Å². The maximum atomic E-state index is 12.0. The monoisotopic (exact) mass is 409 g/mol. The van der Waals surface area contributed by atoms with Gasteiger partial charge < -0.3 is 15.5 Å². The quantitative estimate of drug-likeness (QED) is 0.424. The maximum absolute atomic E-state index is 12.0. The number of piperidine rings is 1. The summed E-state index contributed by atoms with van der Waals surface area (Å²) in [6, 6.07) is 7.25. The third-order valence-corrected chi connectivity index (χ3v) is 4.79. The summed E-state index contributed by atoms with van der Waals surface area (Å²) in [6.45, 7) is 1.69. The highest BCUT2D eigenvalue weighted by Gasteiger charge is 2.24. The van der Waals surface area contributed by atoms with Crippen LogP contribution < -0.4 is 15.5 Å². The van der Waals surface area contributed by atoms with Crippen molar-refractivity contribution >= 4 is 29.0 Å². The predicted molar refractivity (Wildman–Crippen MR) is 106 cm³/mol. The number of nitrogens with zero attached hydrogens (tertiary/aromatic N) is 5. The van der Waals surface area contributed by atoms with E-state index < -0.39 is 16.7 Å². The Balaban J connectivity index is 1.44. The normalized spacial score (nSPS) is 13.9. The standard InChI is InChI=1S/C19H19N7O4/c20-11-16-17(22-8-7-21-16)25-9-5-13(6-10-25)12-23-18(27)19(28)24-14-1-3-15(4-2-14)26(29)30/h1-4,7-8,13H,5-6,9-10,12H2,(H,23,27)(H,24,28). The molecular weight excluding hydrogens is 390 g/mol. The zero-order chi connectivity index (χ0) is 21.5. The fourth-order valence-electron chi connectivity index (χ4n) is 3.16. The molecule has 154 valence electrons. The number of nitro benzene ring substituents is 1. The van der Waals surface area contributed by atoms with Gasteiger partial charge in [-0.3, -0.25) is 19.7 Å². The molecule has 0 spiro atoms. The van der Waals surface area contributed by atoms with Crippen LogP contribution in [0, 0.1) is 27.4 Å². The zero-order valence-corrected chi connectivity index (χ0v) is 15.9. The summed E-state index contributed by atoms with van der Waals surface area (Å²) in [5.41, 5.74) is 0.477. The number of nitriles is 1. The second-order valence-electron chi connectivity index (χ2n) is 6.74. The van der Waals surface area contributed by atoms with Crippen LogP contribution in [-0.2, 0) is 9.59 Å². The fraction of sp³-hybridized carbons (Fsp3) is 0.316. The molecule has 0 atom stereocenters. The molecule has 2 amide bonds. The van der Waals surface area contributed by atoms with E-state index in [4.69, 9.17) is 5.26 Å². The van der Waals surface area contributed by atoms with E-state index >= 15 is 0 Å². The van der Waals surface area contributed by atoms with Crippen LogP contribution in [0.5, 0.6) is 0 Å². The number of carbonyl (C=O) groups excluding carboxylic acids is 2. The van der Waals surface area contributed by atoms with E-state index in [1.165, 1.54) is 30.5 Å². The van der Waals surface area contributed by atoms with Crippen LogP contribution in [0.15, 0.2) is 36.7 Å². The van der Waals surface area contributed by atoms with E-state index in [1.54, 1.807) is 6.20 Å². The van der Waals surface area contributed by atoms with E-state index in [0.717, 1.165) is 12.8 Å². The minimum atomic E-state index is -0.834. The van der Waals surface area contributed by atoms with E-state index in [1.807, 2.05) is 11.0 Å². The Bertz CT molecular complexity index is 979. The van der Waals surface area contributed by atoms with Crippen molar-refractivity contribution in [3.8, 4) is 6.07 Å². The lowest BCUT2D eigenvalue weighted by Crippen LogP contribution is -2.42. The molecule has 11 heteroatoms. The molecule has 0 bridgehead atoms. The van der Waals surface area contributed by atoms with Crippen molar-refractivity contribution in [2.45, 2.75) is 12.8 Å². The van der Waals surface area contributed by atoms with Crippen LogP contribution in [0.1, 0.15) is 18.5 Å². The summed E-state index contributed by atoms with van der Waals surface area (Å²) in [4.78, 5) is 44.4. The van der Waals surface area contributed by atoms with Gasteiger partial charge in [-0.1, -0.05) is 0 Å². The molecule has 1 aromatic heterocycles. The number of carbonyl (C=O) groups is 2. The summed E-state index contributed by atoms with van der Waals surface area (Å²) in [6.07, 6.45) is 4.56. The molecule has 3 rings (SSSR count). The van der Waals surface area contributed by atoms with Crippen LogP contribution in [0.2, 0.25) is 0 Å². The fourth-order valence-corrected chi connectivity index (χ4v) is 3.16. The first kappa shape index (κ1) is 20.7. The Morgan fingerprint density at radius 2 is 1.83 bits per heavy atom. The molecule has 30 heavy (non-hydrogen) atoms. The lowest BCUT2D eigenvalue weighted by Gasteiger charge is -2.32. The Kier molecular flexibility index (Phi) is 6.49. The molecule has 2 heterocycles. The van der Waals surface area contributed by atoms with E-state index in [9.17, 15) is 19.7 Å². The van der Waals surface area contributed by atoms with Crippen molar-refractivity contribution in [3.63, 3.8) is 0 Å². The average Bonchev–Trinajstić information content (AvgIpc) is 2.78. The molecule has 0 aliphatic carbocycles. The highest BCUT2D eigenvalue weighted by atomic mass is 16.6. The molecular formula is C19H19N7O4. The van der Waals surface area contributed by atoms with Crippen molar-refractivity contribution in [2.24, 2.45) is 5.92 Å². The summed E-state index contributed by atoms with van der Waals surface area (Å²) < 4.78 is 0. The summed E-state index contributed by atoms with van der Waals surface area (Å²) >= 11 is 0. The van der Waals surface area contributed by atoms with Gasteiger partial charge in [0.2, 0.25) is 0 Å². The summed E-state index contributed by atoms with van der Waals surface area (Å²) in [7, 11) is 0. The maximum Gasteiger partial charge on any atom is 0.313 e. The number of nitro groups is 1. The topological polar surface area (TPSA) is 154 Å². The predicted octanol–water partition coefficient (Wildman–Crippen LogP) is 1.23. The van der Waals surface area contributed by atoms with Gasteiger partial charge in [0.25, 0.3) is 5.69 Å². The van der Waals surface area contributed by atoms with E-state index in [2.05, 4.69) is 20.6 Å². The third-order valence-electron chi connectivity index (χ3n) is 4.79. The van der Waals surface area contributed by atoms with Gasteiger partial charge in [0, 0.05) is 49.8 Å². The Labute approximate surface area is 171 Å². The highest BCUT2D eigenvalue weighted by molar-refractivity contribution is 6.39. The van der Waals surface area contributed by atoms with Gasteiger partial charge in [-0.2, -0.15) is 5.26 Å². The van der Waals surface area contributed by atoms with Crippen molar-refractivity contribution in [1.82, 2.24) is 15.3 Å². The van der Waals surface area contributed by atoms with Crippen molar-refractivity contribution in [1.29, 1.82) is 5.26 Å². The van der Waals surface area contributed by atoms with Crippen molar-refractivity contribution in [3.05, 3.63) is 52.5 Å². The molecule has 2 aromatic rings. The van der Waals surface area contributed by atoms with Gasteiger partial charge >= 0.3 is 11.8 Å². The van der Waals surface area contributed by atoms with E-state index in [-0.39, 0.29) is 17.3 Å². The molecule has 1 aromatic carbocycles. The number of nitrogens with one attached hydrogen (secondary N) is 2. The smallest absolute Gasteiger partial charge is 0.313 e. The van der Waals surface area contributed by atoms with Gasteiger partial charge in [0.15, 0.2) is 11.5 Å². The van der Waals surface area contributed by atoms with Gasteiger partial charge in [-0.25, -0.2) is 9.97 Å². The minimum Gasteiger partial charge on any atom is -0.354 e. The lowest BCUT2D eigenvalue weighted by molar-refractivity contribution is -0.384. The van der Waals surface area contributed by atoms with Crippen LogP contribution in [0.4, 0.5) is 17.2 Å². The Morgan fingerprint density at radius 1 is 1.17 bits per heavy atom. The van der Waals surface area contributed by atoms with Gasteiger partial charge in [0.05, 0.1) is 4.92 Å². The SMILES string of the molecule is N#Cc1nccnc1N1CCC(CNC(=O)C(=O)Nc2ccc([N+](=O)[O-])cc2)CC1. The largest absolute Gasteiger partial charge is 0.354 e. The molecule has 0 radical (unpaired) electrons. The van der Waals surface area contributed by atoms with Gasteiger partial charge in [0.1, 0.15) is 6.07 Å². The number of aromatic nitrogens is 2. The number of non-ortho nitro benzene ring substituents is 1. The zero-order valence-electron chi connectivity index (χ0n) is 15.9. The Morgan fingerprint density at radius 3 is 2.47 bits per heavy atom. The number of hydrogen-bond donors (Lipinski definition) is 2. The number of amides is 2. The van der Waals surface area contributed by atoms with E-state index in [0.29, 0.717) is 31.1 Å².